The summed E-state index contributed by atoms with van der Waals surface area (Å²) in [6.07, 6.45) is 1.03. The third kappa shape index (κ3) is 1.44. The predicted molar refractivity (Wildman–Crippen MR) is 64.8 cm³/mol. The van der Waals surface area contributed by atoms with E-state index in [1.807, 2.05) is 24.3 Å². The van der Waals surface area contributed by atoms with Gasteiger partial charge in [0.25, 0.3) is 0 Å². The molecule has 1 aliphatic carbocycles. The average Bonchev–Trinajstić information content (AvgIpc) is 2.82. The first kappa shape index (κ1) is 9.78. The summed E-state index contributed by atoms with van der Waals surface area (Å²) in [5, 5.41) is 0. The standard InChI is InChI=1S/C12H11IO2/c13-10-3-1-8(2-4-10)11(14)12-5-9(12)6-15-7-12/h1-4,9H,5-7H2. The van der Waals surface area contributed by atoms with Crippen molar-refractivity contribution in [2.24, 2.45) is 11.3 Å². The number of Topliss-reactive ketones (excluding diaryl/α,β-unsaturated/α-hetero) is 1. The van der Waals surface area contributed by atoms with Gasteiger partial charge < -0.3 is 4.74 Å². The zero-order valence-electron chi connectivity index (χ0n) is 8.20. The van der Waals surface area contributed by atoms with Crippen molar-refractivity contribution < 1.29 is 9.53 Å². The van der Waals surface area contributed by atoms with E-state index in [-0.39, 0.29) is 11.2 Å². The summed E-state index contributed by atoms with van der Waals surface area (Å²) in [5.74, 6) is 0.769. The Morgan fingerprint density at radius 3 is 2.67 bits per heavy atom. The Morgan fingerprint density at radius 1 is 1.40 bits per heavy atom. The van der Waals surface area contributed by atoms with Gasteiger partial charge in [-0.3, -0.25) is 4.79 Å². The lowest BCUT2D eigenvalue weighted by Crippen LogP contribution is -2.19. The topological polar surface area (TPSA) is 26.3 Å². The molecule has 0 amide bonds. The van der Waals surface area contributed by atoms with Gasteiger partial charge >= 0.3 is 0 Å². The van der Waals surface area contributed by atoms with Crippen LogP contribution in [0.25, 0.3) is 0 Å². The fourth-order valence-electron chi connectivity index (χ4n) is 2.39. The number of ether oxygens (including phenoxy) is 1. The first-order valence-corrected chi connectivity index (χ1v) is 6.18. The number of carbonyl (C=O) groups excluding carboxylic acids is 1. The Morgan fingerprint density at radius 2 is 2.13 bits per heavy atom. The SMILES string of the molecule is O=C(c1ccc(I)cc1)C12COCC1C2. The first-order chi connectivity index (χ1) is 7.22. The molecule has 1 aromatic carbocycles. The maximum atomic E-state index is 12.2. The summed E-state index contributed by atoms with van der Waals surface area (Å²) in [4.78, 5) is 12.2. The normalized spacial score (nSPS) is 32.5. The lowest BCUT2D eigenvalue weighted by Gasteiger charge is -2.09. The van der Waals surface area contributed by atoms with E-state index in [4.69, 9.17) is 4.74 Å². The van der Waals surface area contributed by atoms with E-state index >= 15 is 0 Å². The molecule has 1 aliphatic heterocycles. The Bertz CT molecular complexity index is 412. The quantitative estimate of drug-likeness (QED) is 0.619. The van der Waals surface area contributed by atoms with Crippen molar-refractivity contribution in [1.29, 1.82) is 0 Å². The molecule has 0 bridgehead atoms. The minimum absolute atomic E-state index is 0.146. The second kappa shape index (κ2) is 3.28. The Hall–Kier alpha value is -0.420. The molecule has 0 spiro atoms. The van der Waals surface area contributed by atoms with Gasteiger partial charge in [0.2, 0.25) is 0 Å². The number of hydrogen-bond donors (Lipinski definition) is 0. The van der Waals surface area contributed by atoms with Crippen molar-refractivity contribution in [2.75, 3.05) is 13.2 Å². The van der Waals surface area contributed by atoms with Crippen molar-refractivity contribution in [3.05, 3.63) is 33.4 Å². The van der Waals surface area contributed by atoms with E-state index in [0.29, 0.717) is 12.5 Å². The minimum atomic E-state index is -0.146. The molecule has 2 nitrogen and oxygen atoms in total. The van der Waals surface area contributed by atoms with Gasteiger partial charge in [-0.25, -0.2) is 0 Å². The van der Waals surface area contributed by atoms with E-state index in [0.717, 1.165) is 22.2 Å². The zero-order valence-corrected chi connectivity index (χ0v) is 10.4. The van der Waals surface area contributed by atoms with Gasteiger partial charge in [0.1, 0.15) is 0 Å². The average molecular weight is 314 g/mol. The Labute approximate surface area is 102 Å². The van der Waals surface area contributed by atoms with E-state index in [1.54, 1.807) is 0 Å². The zero-order chi connectivity index (χ0) is 10.5. The van der Waals surface area contributed by atoms with Crippen LogP contribution in [-0.4, -0.2) is 19.0 Å². The highest BCUT2D eigenvalue weighted by molar-refractivity contribution is 14.1. The molecule has 15 heavy (non-hydrogen) atoms. The van der Waals surface area contributed by atoms with Crippen LogP contribution in [0.5, 0.6) is 0 Å². The fraction of sp³-hybridized carbons (Fsp3) is 0.417. The highest BCUT2D eigenvalue weighted by Crippen LogP contribution is 2.58. The van der Waals surface area contributed by atoms with Gasteiger partial charge in [0, 0.05) is 9.13 Å². The largest absolute Gasteiger partial charge is 0.380 e. The van der Waals surface area contributed by atoms with Crippen molar-refractivity contribution in [3.63, 3.8) is 0 Å². The number of hydrogen-bond acceptors (Lipinski definition) is 2. The molecule has 0 aromatic heterocycles. The molecular weight excluding hydrogens is 303 g/mol. The number of halogens is 1. The Kier molecular flexibility index (Phi) is 2.14. The van der Waals surface area contributed by atoms with Crippen molar-refractivity contribution in [2.45, 2.75) is 6.42 Å². The molecule has 0 N–H and O–H groups in total. The van der Waals surface area contributed by atoms with Crippen LogP contribution in [0.15, 0.2) is 24.3 Å². The molecule has 3 heteroatoms. The summed E-state index contributed by atoms with van der Waals surface area (Å²) in [7, 11) is 0. The second-order valence-corrected chi connectivity index (χ2v) is 5.65. The second-order valence-electron chi connectivity index (χ2n) is 4.41. The molecule has 1 saturated carbocycles. The van der Waals surface area contributed by atoms with E-state index in [9.17, 15) is 4.79 Å². The number of rotatable bonds is 2. The molecule has 1 heterocycles. The van der Waals surface area contributed by atoms with E-state index in [1.165, 1.54) is 0 Å². The molecule has 2 aliphatic rings. The van der Waals surface area contributed by atoms with Gasteiger partial charge in [-0.05, 0) is 47.1 Å². The molecule has 1 aromatic rings. The lowest BCUT2D eigenvalue weighted by atomic mass is 9.94. The van der Waals surface area contributed by atoms with Crippen molar-refractivity contribution in [3.8, 4) is 0 Å². The predicted octanol–water partition coefficient (Wildman–Crippen LogP) is 2.51. The van der Waals surface area contributed by atoms with Gasteiger partial charge in [-0.1, -0.05) is 12.1 Å². The van der Waals surface area contributed by atoms with Crippen LogP contribution >= 0.6 is 22.6 Å². The third-order valence-corrected chi connectivity index (χ3v) is 4.19. The van der Waals surface area contributed by atoms with Crippen LogP contribution in [0.4, 0.5) is 0 Å². The minimum Gasteiger partial charge on any atom is -0.380 e. The van der Waals surface area contributed by atoms with Gasteiger partial charge in [0.05, 0.1) is 18.6 Å². The first-order valence-electron chi connectivity index (χ1n) is 5.10. The smallest absolute Gasteiger partial charge is 0.171 e. The van der Waals surface area contributed by atoms with Crippen molar-refractivity contribution in [1.82, 2.24) is 0 Å². The van der Waals surface area contributed by atoms with Crippen LogP contribution in [0.2, 0.25) is 0 Å². The number of benzene rings is 1. The summed E-state index contributed by atoms with van der Waals surface area (Å²) < 4.78 is 6.52. The number of fused-ring (bicyclic) bond motifs is 1. The summed E-state index contributed by atoms with van der Waals surface area (Å²) in [5.41, 5.74) is 0.690. The molecule has 2 atom stereocenters. The molecule has 0 radical (unpaired) electrons. The molecular formula is C12H11IO2. The monoisotopic (exact) mass is 314 g/mol. The van der Waals surface area contributed by atoms with Crippen LogP contribution in [0.3, 0.4) is 0 Å². The molecule has 3 rings (SSSR count). The van der Waals surface area contributed by atoms with Gasteiger partial charge in [0.15, 0.2) is 5.78 Å². The maximum Gasteiger partial charge on any atom is 0.171 e. The lowest BCUT2D eigenvalue weighted by molar-refractivity contribution is 0.0829. The highest BCUT2D eigenvalue weighted by Gasteiger charge is 2.63. The number of ketones is 1. The van der Waals surface area contributed by atoms with Crippen LogP contribution in [-0.2, 0) is 4.74 Å². The maximum absolute atomic E-state index is 12.2. The van der Waals surface area contributed by atoms with Crippen molar-refractivity contribution >= 4 is 28.4 Å². The highest BCUT2D eigenvalue weighted by atomic mass is 127. The number of carbonyl (C=O) groups is 1. The van der Waals surface area contributed by atoms with Crippen LogP contribution in [0.1, 0.15) is 16.8 Å². The molecule has 1 saturated heterocycles. The fourth-order valence-corrected chi connectivity index (χ4v) is 2.75. The van der Waals surface area contributed by atoms with E-state index in [2.05, 4.69) is 22.6 Å². The summed E-state index contributed by atoms with van der Waals surface area (Å²) in [6, 6.07) is 7.81. The molecule has 2 fully saturated rings. The Balaban J connectivity index is 1.89. The third-order valence-electron chi connectivity index (χ3n) is 3.47. The summed E-state index contributed by atoms with van der Waals surface area (Å²) in [6.45, 7) is 1.40. The summed E-state index contributed by atoms with van der Waals surface area (Å²) >= 11 is 2.25. The van der Waals surface area contributed by atoms with Gasteiger partial charge in [-0.15, -0.1) is 0 Å². The molecule has 2 unspecified atom stereocenters. The van der Waals surface area contributed by atoms with E-state index < -0.39 is 0 Å². The van der Waals surface area contributed by atoms with Crippen LogP contribution < -0.4 is 0 Å². The van der Waals surface area contributed by atoms with Gasteiger partial charge in [-0.2, -0.15) is 0 Å². The van der Waals surface area contributed by atoms with Crippen LogP contribution in [0, 0.1) is 14.9 Å². The molecule has 78 valence electrons.